The summed E-state index contributed by atoms with van der Waals surface area (Å²) >= 11 is 0. The maximum Gasteiger partial charge on any atom is -0.0149 e. The van der Waals surface area contributed by atoms with Gasteiger partial charge in [0.1, 0.15) is 0 Å². The van der Waals surface area contributed by atoms with Crippen molar-refractivity contribution in [2.24, 2.45) is 5.92 Å². The molecule has 0 amide bonds. The van der Waals surface area contributed by atoms with E-state index in [9.17, 15) is 0 Å². The molecule has 2 aromatic carbocycles. The molecular weight excluding hydrogens is 252 g/mol. The van der Waals surface area contributed by atoms with Gasteiger partial charge in [0.05, 0.1) is 0 Å². The second-order valence-corrected chi connectivity index (χ2v) is 4.56. The second kappa shape index (κ2) is 12.0. The van der Waals surface area contributed by atoms with Gasteiger partial charge < -0.3 is 0 Å². The molecule has 0 N–H and O–H groups in total. The fraction of sp³-hybridized carbons (Fsp3) is 0.333. The lowest BCUT2D eigenvalue weighted by Crippen LogP contribution is -1.90. The fourth-order valence-corrected chi connectivity index (χ4v) is 1.93. The smallest absolute Gasteiger partial charge is 0.0149 e. The number of benzene rings is 2. The first-order valence-electron chi connectivity index (χ1n) is 8.10. The van der Waals surface area contributed by atoms with E-state index in [2.05, 4.69) is 80.6 Å². The van der Waals surface area contributed by atoms with Crippen LogP contribution in [0, 0.1) is 5.92 Å². The predicted molar refractivity (Wildman–Crippen MR) is 97.5 cm³/mol. The third kappa shape index (κ3) is 6.94. The summed E-state index contributed by atoms with van der Waals surface area (Å²) in [6.45, 7) is 12.4. The molecule has 0 spiro atoms. The number of hydrogen-bond acceptors (Lipinski definition) is 0. The molecule has 114 valence electrons. The van der Waals surface area contributed by atoms with Gasteiger partial charge in [0, 0.05) is 0 Å². The highest BCUT2D eigenvalue weighted by atomic mass is 14.1. The number of hydrogen-bond donors (Lipinski definition) is 0. The van der Waals surface area contributed by atoms with Crippen LogP contribution in [0.25, 0.3) is 5.57 Å². The van der Waals surface area contributed by atoms with Crippen molar-refractivity contribution in [3.8, 4) is 0 Å². The van der Waals surface area contributed by atoms with Gasteiger partial charge in [-0.2, -0.15) is 0 Å². The summed E-state index contributed by atoms with van der Waals surface area (Å²) in [7, 11) is 0. The van der Waals surface area contributed by atoms with E-state index in [1.54, 1.807) is 0 Å². The summed E-state index contributed by atoms with van der Waals surface area (Å²) in [5.41, 5.74) is 3.89. The third-order valence-corrected chi connectivity index (χ3v) is 2.67. The molecule has 2 rings (SSSR count). The van der Waals surface area contributed by atoms with Crippen LogP contribution in [-0.4, -0.2) is 0 Å². The Bertz CT molecular complexity index is 436. The third-order valence-electron chi connectivity index (χ3n) is 2.67. The van der Waals surface area contributed by atoms with Crippen LogP contribution < -0.4 is 0 Å². The maximum atomic E-state index is 2.32. The number of allylic oxidation sites excluding steroid dienone is 1. The molecule has 0 aromatic heterocycles. The topological polar surface area (TPSA) is 0 Å². The van der Waals surface area contributed by atoms with Gasteiger partial charge >= 0.3 is 0 Å². The predicted octanol–water partition coefficient (Wildman–Crippen LogP) is 6.83. The molecule has 0 aliphatic rings. The minimum Gasteiger partial charge on any atom is -0.0735 e. The lowest BCUT2D eigenvalue weighted by Gasteiger charge is -2.10. The Morgan fingerprint density at radius 2 is 1.00 bits per heavy atom. The van der Waals surface area contributed by atoms with E-state index in [1.807, 2.05) is 27.7 Å². The van der Waals surface area contributed by atoms with Gasteiger partial charge in [0.2, 0.25) is 0 Å². The van der Waals surface area contributed by atoms with Gasteiger partial charge in [0.25, 0.3) is 0 Å². The van der Waals surface area contributed by atoms with Crippen molar-refractivity contribution >= 4 is 5.57 Å². The zero-order valence-electron chi connectivity index (χ0n) is 14.4. The quantitative estimate of drug-likeness (QED) is 0.579. The average molecular weight is 282 g/mol. The van der Waals surface area contributed by atoms with Crippen molar-refractivity contribution in [3.63, 3.8) is 0 Å². The van der Waals surface area contributed by atoms with Crippen LogP contribution in [0.15, 0.2) is 66.7 Å². The minimum absolute atomic E-state index is 0.547. The molecule has 0 saturated heterocycles. The number of rotatable bonds is 3. The Balaban J connectivity index is 0.000000921. The summed E-state index contributed by atoms with van der Waals surface area (Å²) in [5.74, 6) is 0.547. The van der Waals surface area contributed by atoms with Gasteiger partial charge in [-0.1, -0.05) is 108 Å². The molecule has 0 fully saturated rings. The molecule has 0 radical (unpaired) electrons. The first-order chi connectivity index (χ1) is 10.3. The molecule has 0 bridgehead atoms. The highest BCUT2D eigenvalue weighted by Gasteiger charge is 2.04. The molecule has 0 heteroatoms. The summed E-state index contributed by atoms with van der Waals surface area (Å²) in [5, 5.41) is 0. The Morgan fingerprint density at radius 3 is 1.29 bits per heavy atom. The largest absolute Gasteiger partial charge is 0.0735 e. The van der Waals surface area contributed by atoms with Crippen LogP contribution in [0.4, 0.5) is 0 Å². The second-order valence-electron chi connectivity index (χ2n) is 4.56. The van der Waals surface area contributed by atoms with Crippen LogP contribution >= 0.6 is 0 Å². The van der Waals surface area contributed by atoms with Gasteiger partial charge in [-0.25, -0.2) is 0 Å². The van der Waals surface area contributed by atoms with E-state index in [4.69, 9.17) is 0 Å². The highest BCUT2D eigenvalue weighted by molar-refractivity contribution is 5.79. The Morgan fingerprint density at radius 1 is 0.667 bits per heavy atom. The zero-order valence-corrected chi connectivity index (χ0v) is 14.4. The van der Waals surface area contributed by atoms with Crippen LogP contribution in [0.3, 0.4) is 0 Å². The zero-order chi connectivity index (χ0) is 16.1. The van der Waals surface area contributed by atoms with Crippen LogP contribution in [-0.2, 0) is 0 Å². The molecule has 0 nitrogen and oxygen atoms in total. The Labute approximate surface area is 131 Å². The van der Waals surface area contributed by atoms with Crippen LogP contribution in [0.1, 0.15) is 52.7 Å². The summed E-state index contributed by atoms with van der Waals surface area (Å²) in [6.07, 6.45) is 2.32. The van der Waals surface area contributed by atoms with E-state index in [-0.39, 0.29) is 0 Å². The highest BCUT2D eigenvalue weighted by Crippen LogP contribution is 2.24. The van der Waals surface area contributed by atoms with E-state index in [1.165, 1.54) is 16.7 Å². The first kappa shape index (κ1) is 19.2. The Kier molecular flexibility index (Phi) is 10.9. The molecule has 0 unspecified atom stereocenters. The maximum absolute atomic E-state index is 2.32. The van der Waals surface area contributed by atoms with E-state index in [0.717, 1.165) is 0 Å². The van der Waals surface area contributed by atoms with E-state index >= 15 is 0 Å². The Hall–Kier alpha value is -1.82. The van der Waals surface area contributed by atoms with Gasteiger partial charge in [0.15, 0.2) is 0 Å². The molecule has 0 atom stereocenters. The standard InChI is InChI=1S/C17H18.2C2H6/c1-14(2)13-17(15-9-5-3-6-10-15)16-11-7-4-8-12-16;2*1-2/h3-14H,1-2H3;2*1-2H3. The SMILES string of the molecule is CC.CC.CC(C)C=C(c1ccccc1)c1ccccc1. The van der Waals surface area contributed by atoms with Gasteiger partial charge in [-0.15, -0.1) is 0 Å². The summed E-state index contributed by atoms with van der Waals surface area (Å²) < 4.78 is 0. The lowest BCUT2D eigenvalue weighted by molar-refractivity contribution is 0.833. The van der Waals surface area contributed by atoms with E-state index < -0.39 is 0 Å². The van der Waals surface area contributed by atoms with E-state index in [0.29, 0.717) is 5.92 Å². The monoisotopic (exact) mass is 282 g/mol. The molecule has 0 heterocycles. The van der Waals surface area contributed by atoms with Crippen molar-refractivity contribution in [1.82, 2.24) is 0 Å². The molecule has 0 aliphatic carbocycles. The van der Waals surface area contributed by atoms with Crippen LogP contribution in [0.2, 0.25) is 0 Å². The molecule has 0 aliphatic heterocycles. The molecular formula is C21H30. The summed E-state index contributed by atoms with van der Waals surface area (Å²) in [6, 6.07) is 21.1. The van der Waals surface area contributed by atoms with Crippen molar-refractivity contribution in [3.05, 3.63) is 77.9 Å². The minimum atomic E-state index is 0.547. The van der Waals surface area contributed by atoms with Crippen molar-refractivity contribution < 1.29 is 0 Å². The van der Waals surface area contributed by atoms with Gasteiger partial charge in [-0.05, 0) is 22.6 Å². The average Bonchev–Trinajstić information content (AvgIpc) is 2.58. The molecule has 0 saturated carbocycles. The first-order valence-corrected chi connectivity index (χ1v) is 8.10. The van der Waals surface area contributed by atoms with Gasteiger partial charge in [-0.3, -0.25) is 0 Å². The fourth-order valence-electron chi connectivity index (χ4n) is 1.93. The van der Waals surface area contributed by atoms with Crippen molar-refractivity contribution in [1.29, 1.82) is 0 Å². The lowest BCUT2D eigenvalue weighted by atomic mass is 9.95. The van der Waals surface area contributed by atoms with Crippen LogP contribution in [0.5, 0.6) is 0 Å². The molecule has 2 aromatic rings. The van der Waals surface area contributed by atoms with Crippen molar-refractivity contribution in [2.45, 2.75) is 41.5 Å². The summed E-state index contributed by atoms with van der Waals surface area (Å²) in [4.78, 5) is 0. The molecule has 21 heavy (non-hydrogen) atoms. The van der Waals surface area contributed by atoms with Crippen molar-refractivity contribution in [2.75, 3.05) is 0 Å². The normalized spacial score (nSPS) is 8.90.